The lowest BCUT2D eigenvalue weighted by Gasteiger charge is -2.18. The van der Waals surface area contributed by atoms with Crippen molar-refractivity contribution >= 4 is 39.1 Å². The van der Waals surface area contributed by atoms with Gasteiger partial charge in [-0.25, -0.2) is 0 Å². The van der Waals surface area contributed by atoms with Crippen molar-refractivity contribution in [2.75, 3.05) is 24.8 Å². The van der Waals surface area contributed by atoms with Crippen molar-refractivity contribution in [2.45, 2.75) is 13.8 Å². The van der Waals surface area contributed by atoms with Crippen molar-refractivity contribution in [1.29, 1.82) is 0 Å². The summed E-state index contributed by atoms with van der Waals surface area (Å²) in [7, 11) is -3.61. The quantitative estimate of drug-likeness (QED) is 0.428. The summed E-state index contributed by atoms with van der Waals surface area (Å²) < 4.78 is 24.4. The first-order valence-corrected chi connectivity index (χ1v) is 6.84. The number of hydrogen-bond donors (Lipinski definition) is 1. The number of alkyl halides is 2. The van der Waals surface area contributed by atoms with Gasteiger partial charge in [-0.3, -0.25) is 0 Å². The first-order valence-electron chi connectivity index (χ1n) is 4.33. The fourth-order valence-electron chi connectivity index (χ4n) is 0.747. The predicted octanol–water partition coefficient (Wildman–Crippen LogP) is 0.996. The third kappa shape index (κ3) is 6.19. The van der Waals surface area contributed by atoms with Crippen LogP contribution in [-0.4, -0.2) is 43.3 Å². The zero-order valence-electron chi connectivity index (χ0n) is 8.70. The minimum atomic E-state index is -3.61. The van der Waals surface area contributed by atoms with E-state index in [9.17, 15) is 8.42 Å². The van der Waals surface area contributed by atoms with Gasteiger partial charge in [0.2, 0.25) is 0 Å². The smallest absolute Gasteiger partial charge is 0.191 e. The number of nitrogens with zero attached hydrogens (tertiary/aromatic N) is 2. The van der Waals surface area contributed by atoms with E-state index in [1.165, 1.54) is 0 Å². The summed E-state index contributed by atoms with van der Waals surface area (Å²) in [5.41, 5.74) is 0.621. The van der Waals surface area contributed by atoms with Gasteiger partial charge in [0.05, 0.1) is 0 Å². The summed E-state index contributed by atoms with van der Waals surface area (Å²) in [6.07, 6.45) is 0. The first kappa shape index (κ1) is 15.0. The molecular formula is C7H15Cl2N3O2S. The van der Waals surface area contributed by atoms with Gasteiger partial charge < -0.3 is 0 Å². The van der Waals surface area contributed by atoms with Crippen LogP contribution in [0.3, 0.4) is 0 Å². The van der Waals surface area contributed by atoms with Gasteiger partial charge in [0, 0.05) is 30.6 Å². The minimum Gasteiger partial charge on any atom is -0.191 e. The normalized spacial score (nSPS) is 11.5. The molecule has 0 aromatic rings. The SMILES string of the molecule is CC(C)=NNS(=O)(=O)N(CCCl)CCCl. The topological polar surface area (TPSA) is 61.8 Å². The summed E-state index contributed by atoms with van der Waals surface area (Å²) in [6, 6.07) is 0. The summed E-state index contributed by atoms with van der Waals surface area (Å²) in [4.78, 5) is 2.10. The van der Waals surface area contributed by atoms with Crippen molar-refractivity contribution in [3.05, 3.63) is 0 Å². The van der Waals surface area contributed by atoms with Crippen molar-refractivity contribution in [3.63, 3.8) is 0 Å². The minimum absolute atomic E-state index is 0.210. The molecule has 0 aliphatic heterocycles. The Kier molecular flexibility index (Phi) is 7.25. The lowest BCUT2D eigenvalue weighted by atomic mass is 10.5. The van der Waals surface area contributed by atoms with Crippen molar-refractivity contribution in [1.82, 2.24) is 9.14 Å². The third-order valence-corrected chi connectivity index (χ3v) is 3.10. The van der Waals surface area contributed by atoms with E-state index in [-0.39, 0.29) is 24.8 Å². The number of hydrazone groups is 1. The molecule has 5 nitrogen and oxygen atoms in total. The Balaban J connectivity index is 4.56. The molecule has 0 saturated carbocycles. The second kappa shape index (κ2) is 7.27. The van der Waals surface area contributed by atoms with E-state index in [4.69, 9.17) is 23.2 Å². The van der Waals surface area contributed by atoms with Crippen LogP contribution in [0.1, 0.15) is 13.8 Å². The van der Waals surface area contributed by atoms with Crippen LogP contribution in [0.5, 0.6) is 0 Å². The number of hydrogen-bond acceptors (Lipinski definition) is 3. The molecule has 0 amide bonds. The molecule has 0 radical (unpaired) electrons. The summed E-state index contributed by atoms with van der Waals surface area (Å²) in [5, 5.41) is 3.63. The van der Waals surface area contributed by atoms with Crippen LogP contribution in [0.4, 0.5) is 0 Å². The highest BCUT2D eigenvalue weighted by atomic mass is 35.5. The molecule has 0 aromatic carbocycles. The van der Waals surface area contributed by atoms with Crippen molar-refractivity contribution < 1.29 is 8.42 Å². The molecule has 0 atom stereocenters. The third-order valence-electron chi connectivity index (χ3n) is 1.39. The molecule has 15 heavy (non-hydrogen) atoms. The Bertz CT molecular complexity index is 295. The standard InChI is InChI=1S/C7H15Cl2N3O2S/c1-7(2)10-11-15(13,14)12(5-3-8)6-4-9/h11H,3-6H2,1-2H3. The van der Waals surface area contributed by atoms with Crippen LogP contribution in [0.15, 0.2) is 5.10 Å². The van der Waals surface area contributed by atoms with E-state index in [1.54, 1.807) is 13.8 Å². The molecule has 0 aliphatic carbocycles. The van der Waals surface area contributed by atoms with Gasteiger partial charge in [-0.2, -0.15) is 22.7 Å². The van der Waals surface area contributed by atoms with Crippen LogP contribution >= 0.6 is 23.2 Å². The van der Waals surface area contributed by atoms with Crippen LogP contribution in [-0.2, 0) is 10.2 Å². The summed E-state index contributed by atoms with van der Waals surface area (Å²) in [6.45, 7) is 3.80. The van der Waals surface area contributed by atoms with E-state index in [0.29, 0.717) is 5.71 Å². The van der Waals surface area contributed by atoms with Gasteiger partial charge in [0.25, 0.3) is 0 Å². The second-order valence-corrected chi connectivity index (χ2v) is 5.34. The Morgan fingerprint density at radius 3 is 2.07 bits per heavy atom. The molecule has 0 aromatic heterocycles. The lowest BCUT2D eigenvalue weighted by molar-refractivity contribution is 0.439. The van der Waals surface area contributed by atoms with Crippen molar-refractivity contribution in [3.8, 4) is 0 Å². The van der Waals surface area contributed by atoms with E-state index < -0.39 is 10.2 Å². The highest BCUT2D eigenvalue weighted by Crippen LogP contribution is 1.99. The zero-order valence-corrected chi connectivity index (χ0v) is 11.0. The summed E-state index contributed by atoms with van der Waals surface area (Å²) >= 11 is 11.0. The van der Waals surface area contributed by atoms with Gasteiger partial charge in [0.1, 0.15) is 0 Å². The van der Waals surface area contributed by atoms with Crippen molar-refractivity contribution in [2.24, 2.45) is 5.10 Å². The number of rotatable bonds is 7. The highest BCUT2D eigenvalue weighted by molar-refractivity contribution is 7.87. The number of halogens is 2. The molecule has 1 N–H and O–H groups in total. The van der Waals surface area contributed by atoms with E-state index >= 15 is 0 Å². The van der Waals surface area contributed by atoms with Gasteiger partial charge in [0.15, 0.2) is 0 Å². The van der Waals surface area contributed by atoms with Crippen LogP contribution in [0.2, 0.25) is 0 Å². The van der Waals surface area contributed by atoms with Crippen LogP contribution < -0.4 is 4.83 Å². The van der Waals surface area contributed by atoms with Gasteiger partial charge in [-0.1, -0.05) is 0 Å². The molecule has 0 saturated heterocycles. The maximum Gasteiger partial charge on any atom is 0.316 e. The van der Waals surface area contributed by atoms with Crippen LogP contribution in [0, 0.1) is 0 Å². The Hall–Kier alpha value is -0.0400. The largest absolute Gasteiger partial charge is 0.316 e. The number of nitrogens with one attached hydrogen (secondary N) is 1. The average Bonchev–Trinajstić information content (AvgIpc) is 2.15. The monoisotopic (exact) mass is 275 g/mol. The molecule has 90 valence electrons. The van der Waals surface area contributed by atoms with E-state index in [0.717, 1.165) is 4.31 Å². The fraction of sp³-hybridized carbons (Fsp3) is 0.857. The molecule has 0 aliphatic rings. The Labute approximate surface area is 101 Å². The Morgan fingerprint density at radius 2 is 1.73 bits per heavy atom. The molecule has 0 heterocycles. The van der Waals surface area contributed by atoms with Gasteiger partial charge >= 0.3 is 10.2 Å². The maximum atomic E-state index is 11.6. The lowest BCUT2D eigenvalue weighted by Crippen LogP contribution is -2.41. The van der Waals surface area contributed by atoms with Crippen LogP contribution in [0.25, 0.3) is 0 Å². The average molecular weight is 276 g/mol. The van der Waals surface area contributed by atoms with E-state index in [1.807, 2.05) is 0 Å². The predicted molar refractivity (Wildman–Crippen MR) is 63.9 cm³/mol. The van der Waals surface area contributed by atoms with Gasteiger partial charge in [-0.05, 0) is 13.8 Å². The maximum absolute atomic E-state index is 11.6. The molecule has 0 bridgehead atoms. The highest BCUT2D eigenvalue weighted by Gasteiger charge is 2.19. The molecule has 0 spiro atoms. The molecule has 0 rings (SSSR count). The van der Waals surface area contributed by atoms with E-state index in [2.05, 4.69) is 9.93 Å². The Morgan fingerprint density at radius 1 is 1.27 bits per heavy atom. The molecule has 8 heteroatoms. The molecular weight excluding hydrogens is 261 g/mol. The first-order chi connectivity index (χ1) is 6.94. The molecule has 0 fully saturated rings. The molecule has 0 unspecified atom stereocenters. The zero-order chi connectivity index (χ0) is 11.9. The van der Waals surface area contributed by atoms with Gasteiger partial charge in [-0.15, -0.1) is 23.2 Å². The fourth-order valence-corrected chi connectivity index (χ4v) is 2.43. The second-order valence-electron chi connectivity index (χ2n) is 2.93. The summed E-state index contributed by atoms with van der Waals surface area (Å²) in [5.74, 6) is 0.430.